The molecular weight excluding hydrogens is 172 g/mol. The van der Waals surface area contributed by atoms with E-state index in [1.54, 1.807) is 0 Å². The van der Waals surface area contributed by atoms with Gasteiger partial charge in [-0.3, -0.25) is 4.79 Å². The maximum Gasteiger partial charge on any atom is 0.167 e. The standard InChI is InChI=1S/C9H10O4/c1-4-6(11)3-7(12)8(5(2)10)9(4)13/h3,11-13H,1-2H3. The fourth-order valence-electron chi connectivity index (χ4n) is 1.09. The van der Waals surface area contributed by atoms with Crippen LogP contribution >= 0.6 is 0 Å². The van der Waals surface area contributed by atoms with E-state index >= 15 is 0 Å². The molecule has 0 fully saturated rings. The maximum atomic E-state index is 10.9. The van der Waals surface area contributed by atoms with Crippen LogP contribution in [0.1, 0.15) is 22.8 Å². The Morgan fingerprint density at radius 3 is 2.23 bits per heavy atom. The first-order valence-electron chi connectivity index (χ1n) is 3.70. The molecule has 0 atom stereocenters. The molecule has 0 aromatic heterocycles. The molecule has 0 amide bonds. The van der Waals surface area contributed by atoms with Gasteiger partial charge in [0.15, 0.2) is 5.78 Å². The summed E-state index contributed by atoms with van der Waals surface area (Å²) >= 11 is 0. The second kappa shape index (κ2) is 2.97. The van der Waals surface area contributed by atoms with Crippen LogP contribution in [-0.4, -0.2) is 21.1 Å². The van der Waals surface area contributed by atoms with E-state index in [0.717, 1.165) is 6.07 Å². The molecule has 3 N–H and O–H groups in total. The fourth-order valence-corrected chi connectivity index (χ4v) is 1.09. The van der Waals surface area contributed by atoms with Crippen molar-refractivity contribution < 1.29 is 20.1 Å². The molecule has 70 valence electrons. The number of Topliss-reactive ketones (excluding diaryl/α,β-unsaturated/α-hetero) is 1. The van der Waals surface area contributed by atoms with Crippen LogP contribution in [0.4, 0.5) is 0 Å². The van der Waals surface area contributed by atoms with Gasteiger partial charge in [0.05, 0.1) is 0 Å². The molecule has 1 aromatic carbocycles. The monoisotopic (exact) mass is 182 g/mol. The topological polar surface area (TPSA) is 77.8 Å². The van der Waals surface area contributed by atoms with Gasteiger partial charge >= 0.3 is 0 Å². The van der Waals surface area contributed by atoms with Gasteiger partial charge in [-0.1, -0.05) is 0 Å². The van der Waals surface area contributed by atoms with E-state index in [4.69, 9.17) is 5.11 Å². The Labute approximate surface area is 75.1 Å². The first-order valence-corrected chi connectivity index (χ1v) is 3.70. The maximum absolute atomic E-state index is 10.9. The molecule has 0 bridgehead atoms. The van der Waals surface area contributed by atoms with E-state index in [2.05, 4.69) is 0 Å². The third-order valence-corrected chi connectivity index (χ3v) is 1.86. The number of hydrogen-bond acceptors (Lipinski definition) is 4. The highest BCUT2D eigenvalue weighted by Gasteiger charge is 2.17. The molecule has 4 nitrogen and oxygen atoms in total. The summed E-state index contributed by atoms with van der Waals surface area (Å²) in [7, 11) is 0. The van der Waals surface area contributed by atoms with Crippen molar-refractivity contribution in [2.24, 2.45) is 0 Å². The molecule has 0 saturated heterocycles. The lowest BCUT2D eigenvalue weighted by Gasteiger charge is -2.08. The molecule has 13 heavy (non-hydrogen) atoms. The van der Waals surface area contributed by atoms with Crippen molar-refractivity contribution in [2.45, 2.75) is 13.8 Å². The van der Waals surface area contributed by atoms with Gasteiger partial charge in [0.1, 0.15) is 22.8 Å². The summed E-state index contributed by atoms with van der Waals surface area (Å²) in [4.78, 5) is 10.9. The van der Waals surface area contributed by atoms with E-state index in [0.29, 0.717) is 0 Å². The van der Waals surface area contributed by atoms with Crippen LogP contribution in [0.25, 0.3) is 0 Å². The fraction of sp³-hybridized carbons (Fsp3) is 0.222. The molecular formula is C9H10O4. The Kier molecular flexibility index (Phi) is 2.14. The lowest BCUT2D eigenvalue weighted by Crippen LogP contribution is -1.95. The van der Waals surface area contributed by atoms with Crippen LogP contribution in [0.3, 0.4) is 0 Å². The average Bonchev–Trinajstić information content (AvgIpc) is 1.99. The van der Waals surface area contributed by atoms with Gasteiger partial charge in [-0.25, -0.2) is 0 Å². The first kappa shape index (κ1) is 9.38. The Hall–Kier alpha value is -1.71. The predicted octanol–water partition coefficient (Wildman–Crippen LogP) is 1.31. The number of ketones is 1. The van der Waals surface area contributed by atoms with Crippen LogP contribution in [-0.2, 0) is 0 Å². The van der Waals surface area contributed by atoms with Gasteiger partial charge < -0.3 is 15.3 Å². The summed E-state index contributed by atoms with van der Waals surface area (Å²) in [6.45, 7) is 2.68. The summed E-state index contributed by atoms with van der Waals surface area (Å²) in [6.07, 6.45) is 0. The van der Waals surface area contributed by atoms with Crippen molar-refractivity contribution in [3.63, 3.8) is 0 Å². The minimum absolute atomic E-state index is 0.157. The molecule has 0 heterocycles. The lowest BCUT2D eigenvalue weighted by molar-refractivity contribution is 0.101. The van der Waals surface area contributed by atoms with Crippen LogP contribution in [0.15, 0.2) is 6.07 Å². The summed E-state index contributed by atoms with van der Waals surface area (Å²) in [6, 6.07) is 1.03. The third kappa shape index (κ3) is 1.42. The van der Waals surface area contributed by atoms with Gasteiger partial charge in [-0.15, -0.1) is 0 Å². The zero-order chi connectivity index (χ0) is 10.2. The number of carbonyl (C=O) groups is 1. The van der Waals surface area contributed by atoms with Crippen molar-refractivity contribution in [3.05, 3.63) is 17.2 Å². The van der Waals surface area contributed by atoms with E-state index in [9.17, 15) is 15.0 Å². The number of aromatic hydroxyl groups is 3. The summed E-state index contributed by atoms with van der Waals surface area (Å²) in [5.41, 5.74) is 0.0262. The van der Waals surface area contributed by atoms with Crippen LogP contribution in [0.5, 0.6) is 17.2 Å². The molecule has 0 saturated carbocycles. The van der Waals surface area contributed by atoms with E-state index in [-0.39, 0.29) is 22.6 Å². The van der Waals surface area contributed by atoms with Gasteiger partial charge in [0.25, 0.3) is 0 Å². The predicted molar refractivity (Wildman–Crippen MR) is 46.2 cm³/mol. The van der Waals surface area contributed by atoms with Gasteiger partial charge in [-0.05, 0) is 13.8 Å². The second-order valence-corrected chi connectivity index (χ2v) is 2.82. The highest BCUT2D eigenvalue weighted by Crippen LogP contribution is 2.36. The molecule has 1 aromatic rings. The molecule has 0 radical (unpaired) electrons. The van der Waals surface area contributed by atoms with Crippen LogP contribution < -0.4 is 0 Å². The van der Waals surface area contributed by atoms with E-state index < -0.39 is 11.5 Å². The molecule has 0 aliphatic heterocycles. The number of phenolic OH excluding ortho intramolecular Hbond substituents is 3. The third-order valence-electron chi connectivity index (χ3n) is 1.86. The normalized spacial score (nSPS) is 10.0. The molecule has 0 unspecified atom stereocenters. The number of carbonyl (C=O) groups excluding carboxylic acids is 1. The van der Waals surface area contributed by atoms with Crippen molar-refractivity contribution in [1.29, 1.82) is 0 Å². The summed E-state index contributed by atoms with van der Waals surface area (Å²) in [5, 5.41) is 27.8. The largest absolute Gasteiger partial charge is 0.507 e. The second-order valence-electron chi connectivity index (χ2n) is 2.82. The Bertz CT molecular complexity index is 368. The number of benzene rings is 1. The molecule has 4 heteroatoms. The number of phenols is 3. The minimum Gasteiger partial charge on any atom is -0.507 e. The van der Waals surface area contributed by atoms with Gasteiger partial charge in [0.2, 0.25) is 0 Å². The van der Waals surface area contributed by atoms with E-state index in [1.165, 1.54) is 13.8 Å². The number of hydrogen-bond donors (Lipinski definition) is 3. The zero-order valence-electron chi connectivity index (χ0n) is 7.33. The Balaban J connectivity index is 3.53. The molecule has 0 aliphatic rings. The first-order chi connectivity index (χ1) is 5.95. The molecule has 0 aliphatic carbocycles. The highest BCUT2D eigenvalue weighted by molar-refractivity contribution is 6.00. The number of rotatable bonds is 1. The van der Waals surface area contributed by atoms with Crippen LogP contribution in [0, 0.1) is 6.92 Å². The Morgan fingerprint density at radius 1 is 1.23 bits per heavy atom. The van der Waals surface area contributed by atoms with Gasteiger partial charge in [0, 0.05) is 11.6 Å². The molecule has 1 rings (SSSR count). The van der Waals surface area contributed by atoms with Crippen molar-refractivity contribution in [1.82, 2.24) is 0 Å². The zero-order valence-corrected chi connectivity index (χ0v) is 7.33. The summed E-state index contributed by atoms with van der Waals surface area (Å²) in [5.74, 6) is -1.46. The average molecular weight is 182 g/mol. The Morgan fingerprint density at radius 2 is 1.77 bits per heavy atom. The molecule has 0 spiro atoms. The quantitative estimate of drug-likeness (QED) is 0.572. The van der Waals surface area contributed by atoms with E-state index in [1.807, 2.05) is 0 Å². The van der Waals surface area contributed by atoms with Crippen molar-refractivity contribution >= 4 is 5.78 Å². The smallest absolute Gasteiger partial charge is 0.167 e. The summed E-state index contributed by atoms with van der Waals surface area (Å²) < 4.78 is 0. The highest BCUT2D eigenvalue weighted by atomic mass is 16.3. The lowest BCUT2D eigenvalue weighted by atomic mass is 10.0. The van der Waals surface area contributed by atoms with Crippen molar-refractivity contribution in [2.75, 3.05) is 0 Å². The minimum atomic E-state index is -0.446. The van der Waals surface area contributed by atoms with Crippen molar-refractivity contribution in [3.8, 4) is 17.2 Å². The SMILES string of the molecule is CC(=O)c1c(O)cc(O)c(C)c1O. The van der Waals surface area contributed by atoms with Gasteiger partial charge in [-0.2, -0.15) is 0 Å². The van der Waals surface area contributed by atoms with Crippen LogP contribution in [0.2, 0.25) is 0 Å².